The average Bonchev–Trinajstić information content (AvgIpc) is 2.60. The minimum Gasteiger partial charge on any atom is -0.341 e. The van der Waals surface area contributed by atoms with Crippen LogP contribution in [0.4, 0.5) is 4.39 Å². The predicted octanol–water partition coefficient (Wildman–Crippen LogP) is 2.32. The van der Waals surface area contributed by atoms with Gasteiger partial charge >= 0.3 is 0 Å². The molecule has 0 saturated carbocycles. The molecule has 0 spiro atoms. The van der Waals surface area contributed by atoms with E-state index in [1.54, 1.807) is 6.07 Å². The molecule has 0 radical (unpaired) electrons. The maximum atomic E-state index is 13.0. The molecule has 1 aromatic carbocycles. The van der Waals surface area contributed by atoms with E-state index >= 15 is 0 Å². The van der Waals surface area contributed by atoms with Gasteiger partial charge in [0, 0.05) is 32.6 Å². The van der Waals surface area contributed by atoms with Crippen LogP contribution >= 0.6 is 0 Å². The quantitative estimate of drug-likeness (QED) is 0.828. The molecule has 1 aliphatic heterocycles. The van der Waals surface area contributed by atoms with Crippen LogP contribution in [-0.2, 0) is 11.3 Å². The topological polar surface area (TPSA) is 32.3 Å². The maximum absolute atomic E-state index is 13.0. The van der Waals surface area contributed by atoms with Gasteiger partial charge in [0.15, 0.2) is 0 Å². The lowest BCUT2D eigenvalue weighted by atomic mass is 10.2. The van der Waals surface area contributed by atoms with E-state index < -0.39 is 0 Å². The van der Waals surface area contributed by atoms with Crippen molar-refractivity contribution in [3.8, 4) is 0 Å². The molecule has 1 aliphatic rings. The zero-order valence-corrected chi connectivity index (χ0v) is 11.2. The summed E-state index contributed by atoms with van der Waals surface area (Å²) in [6.45, 7) is 3.01. The second kappa shape index (κ2) is 7.24. The van der Waals surface area contributed by atoms with Gasteiger partial charge in [0.2, 0.25) is 5.91 Å². The number of nitrogens with zero attached hydrogens (tertiary/aromatic N) is 1. The third kappa shape index (κ3) is 4.63. The lowest BCUT2D eigenvalue weighted by molar-refractivity contribution is -0.130. The first-order valence-electron chi connectivity index (χ1n) is 6.98. The Morgan fingerprint density at radius 3 is 3.00 bits per heavy atom. The molecule has 3 nitrogen and oxygen atoms in total. The van der Waals surface area contributed by atoms with Gasteiger partial charge in [-0.25, -0.2) is 4.39 Å². The third-order valence-electron chi connectivity index (χ3n) is 3.45. The molecule has 0 bridgehead atoms. The van der Waals surface area contributed by atoms with Crippen molar-refractivity contribution in [2.75, 3.05) is 19.6 Å². The number of hydrogen-bond donors (Lipinski definition) is 1. The van der Waals surface area contributed by atoms with E-state index in [9.17, 15) is 9.18 Å². The van der Waals surface area contributed by atoms with Gasteiger partial charge in [0.1, 0.15) is 5.82 Å². The van der Waals surface area contributed by atoms with Gasteiger partial charge in [-0.05, 0) is 30.5 Å². The number of benzene rings is 1. The lowest BCUT2D eigenvalue weighted by Crippen LogP contribution is -2.36. The summed E-state index contributed by atoms with van der Waals surface area (Å²) in [5, 5.41) is 3.26. The fourth-order valence-electron chi connectivity index (χ4n) is 2.37. The summed E-state index contributed by atoms with van der Waals surface area (Å²) in [4.78, 5) is 13.7. The Kier molecular flexibility index (Phi) is 5.33. The molecule has 1 heterocycles. The highest BCUT2D eigenvalue weighted by atomic mass is 19.1. The van der Waals surface area contributed by atoms with Crippen LogP contribution in [0.25, 0.3) is 0 Å². The minimum absolute atomic E-state index is 0.206. The number of nitrogens with one attached hydrogen (secondary N) is 1. The number of carbonyl (C=O) groups excluding carboxylic acids is 1. The first-order chi connectivity index (χ1) is 9.25. The number of hydrogen-bond acceptors (Lipinski definition) is 2. The first-order valence-corrected chi connectivity index (χ1v) is 6.98. The van der Waals surface area contributed by atoms with Crippen molar-refractivity contribution in [1.82, 2.24) is 10.2 Å². The summed E-state index contributed by atoms with van der Waals surface area (Å²) in [6.07, 6.45) is 3.96. The molecule has 1 amide bonds. The van der Waals surface area contributed by atoms with Gasteiger partial charge in [-0.1, -0.05) is 18.6 Å². The number of halogens is 1. The molecule has 0 aromatic heterocycles. The zero-order chi connectivity index (χ0) is 13.5. The van der Waals surface area contributed by atoms with E-state index in [-0.39, 0.29) is 11.7 Å². The molecular weight excluding hydrogens is 243 g/mol. The normalized spacial score (nSPS) is 16.5. The van der Waals surface area contributed by atoms with E-state index in [1.807, 2.05) is 11.0 Å². The second-order valence-electron chi connectivity index (χ2n) is 5.00. The largest absolute Gasteiger partial charge is 0.341 e. The van der Waals surface area contributed by atoms with Crippen LogP contribution in [0.2, 0.25) is 0 Å². The van der Waals surface area contributed by atoms with Crippen LogP contribution in [0.3, 0.4) is 0 Å². The molecule has 19 heavy (non-hydrogen) atoms. The van der Waals surface area contributed by atoms with E-state index in [1.165, 1.54) is 12.1 Å². The summed E-state index contributed by atoms with van der Waals surface area (Å²) in [7, 11) is 0. The van der Waals surface area contributed by atoms with Crippen LogP contribution < -0.4 is 5.32 Å². The van der Waals surface area contributed by atoms with Crippen molar-refractivity contribution in [1.29, 1.82) is 0 Å². The van der Waals surface area contributed by atoms with Crippen molar-refractivity contribution in [2.24, 2.45) is 0 Å². The van der Waals surface area contributed by atoms with Crippen molar-refractivity contribution in [3.63, 3.8) is 0 Å². The van der Waals surface area contributed by atoms with Gasteiger partial charge < -0.3 is 10.2 Å². The van der Waals surface area contributed by atoms with Gasteiger partial charge in [-0.15, -0.1) is 0 Å². The Bertz CT molecular complexity index is 422. The molecule has 1 fully saturated rings. The molecule has 4 heteroatoms. The highest BCUT2D eigenvalue weighted by Crippen LogP contribution is 2.10. The SMILES string of the molecule is O=C1CCCCCN1CCNCc1cccc(F)c1. The van der Waals surface area contributed by atoms with E-state index in [2.05, 4.69) is 5.32 Å². The standard InChI is InChI=1S/C15H21FN2O/c16-14-6-4-5-13(11-14)12-17-8-10-18-9-3-1-2-7-15(18)19/h4-6,11,17H,1-3,7-10,12H2. The van der Waals surface area contributed by atoms with Crippen molar-refractivity contribution < 1.29 is 9.18 Å². The summed E-state index contributed by atoms with van der Waals surface area (Å²) in [6, 6.07) is 6.58. The molecule has 1 saturated heterocycles. The number of amides is 1. The van der Waals surface area contributed by atoms with Gasteiger partial charge in [0.25, 0.3) is 0 Å². The fraction of sp³-hybridized carbons (Fsp3) is 0.533. The van der Waals surface area contributed by atoms with Gasteiger partial charge in [0.05, 0.1) is 0 Å². The summed E-state index contributed by atoms with van der Waals surface area (Å²) < 4.78 is 13.0. The van der Waals surface area contributed by atoms with Crippen molar-refractivity contribution >= 4 is 5.91 Å². The molecule has 0 unspecified atom stereocenters. The maximum Gasteiger partial charge on any atom is 0.222 e. The monoisotopic (exact) mass is 264 g/mol. The van der Waals surface area contributed by atoms with Crippen molar-refractivity contribution in [2.45, 2.75) is 32.2 Å². The highest BCUT2D eigenvalue weighted by Gasteiger charge is 2.15. The van der Waals surface area contributed by atoms with Gasteiger partial charge in [-0.3, -0.25) is 4.79 Å². The average molecular weight is 264 g/mol. The number of likely N-dealkylation sites (tertiary alicyclic amines) is 1. The van der Waals surface area contributed by atoms with E-state index in [4.69, 9.17) is 0 Å². The molecule has 0 atom stereocenters. The molecule has 104 valence electrons. The van der Waals surface area contributed by atoms with Crippen LogP contribution in [0, 0.1) is 5.82 Å². The summed E-state index contributed by atoms with van der Waals surface area (Å²) >= 11 is 0. The molecule has 1 aromatic rings. The Balaban J connectivity index is 1.70. The summed E-state index contributed by atoms with van der Waals surface area (Å²) in [5.74, 6) is 0.0621. The highest BCUT2D eigenvalue weighted by molar-refractivity contribution is 5.76. The Hall–Kier alpha value is -1.42. The van der Waals surface area contributed by atoms with Crippen LogP contribution in [-0.4, -0.2) is 30.4 Å². The summed E-state index contributed by atoms with van der Waals surface area (Å²) in [5.41, 5.74) is 0.933. The van der Waals surface area contributed by atoms with E-state index in [0.29, 0.717) is 13.0 Å². The minimum atomic E-state index is -0.206. The second-order valence-corrected chi connectivity index (χ2v) is 5.00. The Labute approximate surface area is 113 Å². The van der Waals surface area contributed by atoms with Crippen LogP contribution in [0.15, 0.2) is 24.3 Å². The Morgan fingerprint density at radius 1 is 1.26 bits per heavy atom. The fourth-order valence-corrected chi connectivity index (χ4v) is 2.37. The third-order valence-corrected chi connectivity index (χ3v) is 3.45. The number of rotatable bonds is 5. The smallest absolute Gasteiger partial charge is 0.222 e. The van der Waals surface area contributed by atoms with Crippen LogP contribution in [0.5, 0.6) is 0 Å². The Morgan fingerprint density at radius 2 is 2.16 bits per heavy atom. The van der Waals surface area contributed by atoms with Gasteiger partial charge in [-0.2, -0.15) is 0 Å². The molecule has 1 N–H and O–H groups in total. The first kappa shape index (κ1) is 14.0. The predicted molar refractivity (Wildman–Crippen MR) is 73.2 cm³/mol. The molecule has 2 rings (SSSR count). The number of carbonyl (C=O) groups is 1. The lowest BCUT2D eigenvalue weighted by Gasteiger charge is -2.20. The van der Waals surface area contributed by atoms with E-state index in [0.717, 1.165) is 44.5 Å². The van der Waals surface area contributed by atoms with Crippen molar-refractivity contribution in [3.05, 3.63) is 35.6 Å². The molecular formula is C15H21FN2O. The molecule has 0 aliphatic carbocycles. The zero-order valence-electron chi connectivity index (χ0n) is 11.2. The van der Waals surface area contributed by atoms with Crippen LogP contribution in [0.1, 0.15) is 31.2 Å².